The Balaban J connectivity index is 2.76. The second-order valence-corrected chi connectivity index (χ2v) is 3.75. The fraction of sp³-hybridized carbons (Fsp3) is 0.0667. The molecule has 0 unspecified atom stereocenters. The molecule has 0 fully saturated rings. The van der Waals surface area contributed by atoms with E-state index in [0.29, 0.717) is 0 Å². The monoisotopic (exact) mass is 209 g/mol. The predicted octanol–water partition coefficient (Wildman–Crippen LogP) is 4.32. The van der Waals surface area contributed by atoms with Crippen LogP contribution in [0.5, 0.6) is 0 Å². The predicted molar refractivity (Wildman–Crippen MR) is 72.4 cm³/mol. The van der Waals surface area contributed by atoms with E-state index in [1.165, 1.54) is 10.9 Å². The molecule has 1 nitrogen and oxygen atoms in total. The Hall–Kier alpha value is -2.02. The van der Waals surface area contributed by atoms with E-state index in [2.05, 4.69) is 43.3 Å². The molecular weight excluding hydrogens is 194 g/mol. The van der Waals surface area contributed by atoms with Gasteiger partial charge in [0.05, 0.1) is 0 Å². The third kappa shape index (κ3) is 1.61. The second kappa shape index (κ2) is 4.23. The molecule has 0 spiro atoms. The van der Waals surface area contributed by atoms with Crippen LogP contribution in [0.25, 0.3) is 23.1 Å². The SMILES string of the molecule is C=C/C=C\c1[nH]c2cccc(C)c2c1C=C. The van der Waals surface area contributed by atoms with Crippen LogP contribution in [0.1, 0.15) is 16.8 Å². The van der Waals surface area contributed by atoms with Crippen molar-refractivity contribution in [3.8, 4) is 0 Å². The molecule has 0 bridgehead atoms. The first-order chi connectivity index (χ1) is 7.77. The first kappa shape index (κ1) is 10.5. The van der Waals surface area contributed by atoms with Crippen molar-refractivity contribution in [3.63, 3.8) is 0 Å². The quantitative estimate of drug-likeness (QED) is 0.725. The summed E-state index contributed by atoms with van der Waals surface area (Å²) in [6, 6.07) is 6.26. The summed E-state index contributed by atoms with van der Waals surface area (Å²) in [6.07, 6.45) is 7.61. The number of rotatable bonds is 3. The van der Waals surface area contributed by atoms with Crippen LogP contribution in [-0.2, 0) is 0 Å². The van der Waals surface area contributed by atoms with E-state index < -0.39 is 0 Å². The van der Waals surface area contributed by atoms with Crippen molar-refractivity contribution >= 4 is 23.1 Å². The molecule has 16 heavy (non-hydrogen) atoms. The van der Waals surface area contributed by atoms with Crippen LogP contribution in [0.15, 0.2) is 43.5 Å². The molecule has 2 aromatic rings. The van der Waals surface area contributed by atoms with Crippen molar-refractivity contribution in [3.05, 3.63) is 60.3 Å². The smallest absolute Gasteiger partial charge is 0.0467 e. The van der Waals surface area contributed by atoms with Crippen LogP contribution >= 0.6 is 0 Å². The highest BCUT2D eigenvalue weighted by Crippen LogP contribution is 2.27. The molecule has 80 valence electrons. The lowest BCUT2D eigenvalue weighted by molar-refractivity contribution is 1.42. The molecule has 1 heteroatoms. The molecule has 0 saturated carbocycles. The summed E-state index contributed by atoms with van der Waals surface area (Å²) in [4.78, 5) is 3.38. The molecular formula is C15H15N. The standard InChI is InChI=1S/C15H15N/c1-4-6-9-13-12(5-2)15-11(3)8-7-10-14(15)16-13/h4-10,16H,1-2H2,3H3/b9-6-. The van der Waals surface area contributed by atoms with Crippen LogP contribution in [0.3, 0.4) is 0 Å². The molecule has 0 atom stereocenters. The van der Waals surface area contributed by atoms with Crippen molar-refractivity contribution in [2.45, 2.75) is 6.92 Å². The number of H-pyrrole nitrogens is 1. The van der Waals surface area contributed by atoms with Gasteiger partial charge in [-0.3, -0.25) is 0 Å². The minimum Gasteiger partial charge on any atom is -0.355 e. The van der Waals surface area contributed by atoms with E-state index in [4.69, 9.17) is 0 Å². The lowest BCUT2D eigenvalue weighted by Crippen LogP contribution is -1.76. The molecule has 0 saturated heterocycles. The van der Waals surface area contributed by atoms with Gasteiger partial charge in [-0.25, -0.2) is 0 Å². The number of hydrogen-bond donors (Lipinski definition) is 1. The van der Waals surface area contributed by atoms with Gasteiger partial charge in [-0.15, -0.1) is 0 Å². The fourth-order valence-electron chi connectivity index (χ4n) is 1.98. The van der Waals surface area contributed by atoms with E-state index in [-0.39, 0.29) is 0 Å². The summed E-state index contributed by atoms with van der Waals surface area (Å²) in [6.45, 7) is 9.67. The van der Waals surface area contributed by atoms with Crippen molar-refractivity contribution < 1.29 is 0 Å². The highest BCUT2D eigenvalue weighted by molar-refractivity contribution is 5.95. The average molecular weight is 209 g/mol. The Labute approximate surface area is 95.8 Å². The maximum Gasteiger partial charge on any atom is 0.0467 e. The number of allylic oxidation sites excluding steroid dienone is 2. The third-order valence-corrected chi connectivity index (χ3v) is 2.70. The summed E-state index contributed by atoms with van der Waals surface area (Å²) >= 11 is 0. The van der Waals surface area contributed by atoms with Crippen LogP contribution in [-0.4, -0.2) is 4.98 Å². The molecule has 1 aromatic heterocycles. The number of aromatic nitrogens is 1. The molecule has 0 aliphatic rings. The lowest BCUT2D eigenvalue weighted by Gasteiger charge is -1.97. The Morgan fingerprint density at radius 3 is 2.75 bits per heavy atom. The van der Waals surface area contributed by atoms with Gasteiger partial charge < -0.3 is 4.98 Å². The van der Waals surface area contributed by atoms with Gasteiger partial charge in [0.25, 0.3) is 0 Å². The van der Waals surface area contributed by atoms with Gasteiger partial charge in [-0.05, 0) is 24.6 Å². The molecule has 1 heterocycles. The van der Waals surface area contributed by atoms with E-state index in [1.54, 1.807) is 6.08 Å². The van der Waals surface area contributed by atoms with E-state index >= 15 is 0 Å². The lowest BCUT2D eigenvalue weighted by atomic mass is 10.1. The Bertz CT molecular complexity index is 570. The largest absolute Gasteiger partial charge is 0.355 e. The molecule has 0 radical (unpaired) electrons. The number of hydrogen-bond acceptors (Lipinski definition) is 0. The van der Waals surface area contributed by atoms with Crippen molar-refractivity contribution in [2.75, 3.05) is 0 Å². The normalized spacial score (nSPS) is 11.1. The Morgan fingerprint density at radius 1 is 1.25 bits per heavy atom. The van der Waals surface area contributed by atoms with Gasteiger partial charge in [-0.1, -0.05) is 43.5 Å². The van der Waals surface area contributed by atoms with Crippen LogP contribution in [0.4, 0.5) is 0 Å². The van der Waals surface area contributed by atoms with Gasteiger partial charge in [-0.2, -0.15) is 0 Å². The molecule has 1 N–H and O–H groups in total. The van der Waals surface area contributed by atoms with Crippen LogP contribution in [0.2, 0.25) is 0 Å². The Morgan fingerprint density at radius 2 is 2.06 bits per heavy atom. The van der Waals surface area contributed by atoms with E-state index in [9.17, 15) is 0 Å². The molecule has 1 aromatic carbocycles. The van der Waals surface area contributed by atoms with Gasteiger partial charge in [0.2, 0.25) is 0 Å². The van der Waals surface area contributed by atoms with Gasteiger partial charge in [0, 0.05) is 22.2 Å². The highest BCUT2D eigenvalue weighted by Gasteiger charge is 2.07. The number of fused-ring (bicyclic) bond motifs is 1. The van der Waals surface area contributed by atoms with Crippen molar-refractivity contribution in [2.24, 2.45) is 0 Å². The molecule has 0 aliphatic heterocycles. The fourth-order valence-corrected chi connectivity index (χ4v) is 1.98. The van der Waals surface area contributed by atoms with E-state index in [1.807, 2.05) is 18.2 Å². The number of aryl methyl sites for hydroxylation is 1. The number of aromatic amines is 1. The minimum atomic E-state index is 1.08. The maximum absolute atomic E-state index is 3.88. The zero-order valence-corrected chi connectivity index (χ0v) is 9.46. The van der Waals surface area contributed by atoms with Crippen molar-refractivity contribution in [1.82, 2.24) is 4.98 Å². The third-order valence-electron chi connectivity index (χ3n) is 2.70. The van der Waals surface area contributed by atoms with Crippen molar-refractivity contribution in [1.29, 1.82) is 0 Å². The highest BCUT2D eigenvalue weighted by atomic mass is 14.7. The molecule has 2 rings (SSSR count). The maximum atomic E-state index is 3.88. The summed E-state index contributed by atoms with van der Waals surface area (Å²) in [5, 5.41) is 1.25. The summed E-state index contributed by atoms with van der Waals surface area (Å²) < 4.78 is 0. The van der Waals surface area contributed by atoms with Gasteiger partial charge >= 0.3 is 0 Å². The average Bonchev–Trinajstić information content (AvgIpc) is 2.65. The molecule has 0 amide bonds. The zero-order chi connectivity index (χ0) is 11.5. The van der Waals surface area contributed by atoms with Crippen LogP contribution < -0.4 is 0 Å². The zero-order valence-electron chi connectivity index (χ0n) is 9.46. The van der Waals surface area contributed by atoms with E-state index in [0.717, 1.165) is 16.8 Å². The summed E-state index contributed by atoms with van der Waals surface area (Å²) in [5.74, 6) is 0. The first-order valence-corrected chi connectivity index (χ1v) is 5.30. The number of benzene rings is 1. The minimum absolute atomic E-state index is 1.08. The molecule has 0 aliphatic carbocycles. The number of nitrogens with one attached hydrogen (secondary N) is 1. The van der Waals surface area contributed by atoms with Gasteiger partial charge in [0.15, 0.2) is 0 Å². The van der Waals surface area contributed by atoms with Gasteiger partial charge in [0.1, 0.15) is 0 Å². The first-order valence-electron chi connectivity index (χ1n) is 5.30. The second-order valence-electron chi connectivity index (χ2n) is 3.75. The Kier molecular flexibility index (Phi) is 2.78. The summed E-state index contributed by atoms with van der Waals surface area (Å²) in [7, 11) is 0. The topological polar surface area (TPSA) is 15.8 Å². The summed E-state index contributed by atoms with van der Waals surface area (Å²) in [5.41, 5.74) is 4.66. The van der Waals surface area contributed by atoms with Crippen LogP contribution in [0, 0.1) is 6.92 Å².